The maximum Gasteiger partial charge on any atom is 0.256 e. The third-order valence-corrected chi connectivity index (χ3v) is 2.54. The summed E-state index contributed by atoms with van der Waals surface area (Å²) in [6.07, 6.45) is 0. The van der Waals surface area contributed by atoms with Gasteiger partial charge in [-0.1, -0.05) is 6.92 Å². The second-order valence-corrected chi connectivity index (χ2v) is 3.57. The standard InChI is InChI=1S/C7H13F2N2S.Ce/c1-5-2-10-3-6(4-11-12)7(5,8)9;/h5-6,10-11H,2-4H2,1H3;/q-1;. The van der Waals surface area contributed by atoms with E-state index in [4.69, 9.17) is 0 Å². The van der Waals surface area contributed by atoms with Crippen LogP contribution in [-0.2, 0) is 12.8 Å². The molecule has 1 rings (SSSR count). The average molecular weight is 335 g/mol. The number of hydrogen-bond acceptors (Lipinski definition) is 3. The summed E-state index contributed by atoms with van der Waals surface area (Å²) in [4.78, 5) is 0. The van der Waals surface area contributed by atoms with Gasteiger partial charge in [-0.2, -0.15) is 0 Å². The minimum absolute atomic E-state index is 0. The Morgan fingerprint density at radius 1 is 1.54 bits per heavy atom. The Labute approximate surface area is 117 Å². The Morgan fingerprint density at radius 3 is 2.69 bits per heavy atom. The molecule has 2 nitrogen and oxygen atoms in total. The van der Waals surface area contributed by atoms with Crippen molar-refractivity contribution in [3.05, 3.63) is 0 Å². The fraction of sp³-hybridized carbons (Fsp3) is 1.00. The van der Waals surface area contributed by atoms with Gasteiger partial charge in [0.25, 0.3) is 5.92 Å². The van der Waals surface area contributed by atoms with E-state index in [0.29, 0.717) is 13.1 Å². The van der Waals surface area contributed by atoms with Gasteiger partial charge in [-0.15, -0.1) is 0 Å². The predicted octanol–water partition coefficient (Wildman–Crippen LogP) is 0.529. The van der Waals surface area contributed by atoms with Crippen molar-refractivity contribution in [3.63, 3.8) is 0 Å². The average Bonchev–Trinajstić information content (AvgIpc) is 2.00. The molecule has 0 amide bonds. The Balaban J connectivity index is 0.00000144. The molecule has 6 heteroatoms. The molecule has 1 aliphatic rings. The molecular weight excluding hydrogens is 322 g/mol. The molecule has 1 aliphatic heterocycles. The van der Waals surface area contributed by atoms with E-state index in [-0.39, 0.29) is 48.3 Å². The van der Waals surface area contributed by atoms with Crippen molar-refractivity contribution in [1.29, 1.82) is 0 Å². The SMILES string of the molecule is CC1CNCC(CN[S-])C1(F)F.[Ce]. The van der Waals surface area contributed by atoms with E-state index in [1.165, 1.54) is 0 Å². The van der Waals surface area contributed by atoms with Gasteiger partial charge >= 0.3 is 0 Å². The topological polar surface area (TPSA) is 24.1 Å². The number of hydrogen-bond donors (Lipinski definition) is 2. The fourth-order valence-corrected chi connectivity index (χ4v) is 1.66. The minimum atomic E-state index is -2.59. The summed E-state index contributed by atoms with van der Waals surface area (Å²) < 4.78 is 29.0. The molecule has 0 aliphatic carbocycles. The van der Waals surface area contributed by atoms with Crippen LogP contribution in [0.15, 0.2) is 0 Å². The monoisotopic (exact) mass is 335 g/mol. The third-order valence-electron chi connectivity index (χ3n) is 2.37. The van der Waals surface area contributed by atoms with Crippen LogP contribution in [-0.4, -0.2) is 25.6 Å². The van der Waals surface area contributed by atoms with Gasteiger partial charge in [0.05, 0.1) is 0 Å². The number of halogens is 2. The largest absolute Gasteiger partial charge is 0.705 e. The molecule has 2 atom stereocenters. The molecule has 0 saturated carbocycles. The molecule has 0 radical (unpaired) electrons. The smallest absolute Gasteiger partial charge is 0.256 e. The fourth-order valence-electron chi connectivity index (χ4n) is 1.46. The van der Waals surface area contributed by atoms with E-state index in [2.05, 4.69) is 22.9 Å². The Morgan fingerprint density at radius 2 is 2.15 bits per heavy atom. The van der Waals surface area contributed by atoms with E-state index in [1.807, 2.05) is 0 Å². The van der Waals surface area contributed by atoms with Gasteiger partial charge in [-0.05, 0) is 6.54 Å². The molecule has 1 fully saturated rings. The van der Waals surface area contributed by atoms with Crippen molar-refractivity contribution in [2.24, 2.45) is 11.8 Å². The second-order valence-electron chi connectivity index (χ2n) is 3.28. The summed E-state index contributed by atoms with van der Waals surface area (Å²) in [5.74, 6) is -3.85. The Hall–Kier alpha value is 1.51. The molecule has 0 aromatic heterocycles. The van der Waals surface area contributed by atoms with Crippen molar-refractivity contribution < 1.29 is 50.5 Å². The van der Waals surface area contributed by atoms with Crippen molar-refractivity contribution in [3.8, 4) is 0 Å². The van der Waals surface area contributed by atoms with Gasteiger partial charge in [0, 0.05) is 66.7 Å². The van der Waals surface area contributed by atoms with Crippen molar-refractivity contribution in [2.75, 3.05) is 19.6 Å². The summed E-state index contributed by atoms with van der Waals surface area (Å²) in [7, 11) is 0. The maximum absolute atomic E-state index is 13.3. The van der Waals surface area contributed by atoms with Crippen LogP contribution in [0.25, 0.3) is 0 Å². The number of rotatable bonds is 2. The van der Waals surface area contributed by atoms with Gasteiger partial charge in [-0.25, -0.2) is 8.78 Å². The van der Waals surface area contributed by atoms with E-state index in [0.717, 1.165) is 0 Å². The zero-order chi connectivity index (χ0) is 9.19. The van der Waals surface area contributed by atoms with Crippen LogP contribution in [0, 0.1) is 53.6 Å². The molecule has 1 heterocycles. The van der Waals surface area contributed by atoms with Crippen LogP contribution in [0.2, 0.25) is 0 Å². The van der Waals surface area contributed by atoms with E-state index >= 15 is 0 Å². The molecule has 13 heavy (non-hydrogen) atoms. The van der Waals surface area contributed by atoms with Gasteiger partial charge in [0.2, 0.25) is 0 Å². The molecule has 2 N–H and O–H groups in total. The van der Waals surface area contributed by atoms with Crippen LogP contribution in [0.4, 0.5) is 8.78 Å². The Kier molecular flexibility index (Phi) is 6.88. The van der Waals surface area contributed by atoms with Crippen LogP contribution in [0.1, 0.15) is 6.92 Å². The first-order chi connectivity index (χ1) is 5.59. The molecule has 0 spiro atoms. The summed E-state index contributed by atoms with van der Waals surface area (Å²) in [5.41, 5.74) is 0. The number of alkyl halides is 2. The predicted molar refractivity (Wildman–Crippen MR) is 45.8 cm³/mol. The van der Waals surface area contributed by atoms with Gasteiger partial charge < -0.3 is 22.9 Å². The van der Waals surface area contributed by atoms with E-state index < -0.39 is 17.8 Å². The van der Waals surface area contributed by atoms with E-state index in [1.54, 1.807) is 6.92 Å². The first-order valence-corrected chi connectivity index (χ1v) is 4.43. The van der Waals surface area contributed by atoms with Crippen molar-refractivity contribution in [1.82, 2.24) is 10.0 Å². The molecule has 0 aromatic carbocycles. The first kappa shape index (κ1) is 14.5. The minimum Gasteiger partial charge on any atom is -0.705 e. The number of nitrogens with one attached hydrogen (secondary N) is 2. The zero-order valence-corrected chi connectivity index (χ0v) is 11.4. The molecule has 0 bridgehead atoms. The quantitative estimate of drug-likeness (QED) is 0.720. The van der Waals surface area contributed by atoms with E-state index in [9.17, 15) is 8.78 Å². The van der Waals surface area contributed by atoms with Crippen LogP contribution in [0.5, 0.6) is 0 Å². The summed E-state index contributed by atoms with van der Waals surface area (Å²) in [6.45, 7) is 2.49. The van der Waals surface area contributed by atoms with Gasteiger partial charge in [0.1, 0.15) is 0 Å². The van der Waals surface area contributed by atoms with Crippen LogP contribution >= 0.6 is 0 Å². The summed E-state index contributed by atoms with van der Waals surface area (Å²) in [6, 6.07) is 0. The van der Waals surface area contributed by atoms with Gasteiger partial charge in [0.15, 0.2) is 0 Å². The molecule has 0 aromatic rings. The first-order valence-electron chi connectivity index (χ1n) is 4.02. The maximum atomic E-state index is 13.3. The van der Waals surface area contributed by atoms with Crippen LogP contribution in [0.3, 0.4) is 0 Å². The number of piperidine rings is 1. The summed E-state index contributed by atoms with van der Waals surface area (Å²) in [5, 5.41) is 2.96. The summed E-state index contributed by atoms with van der Waals surface area (Å²) >= 11 is 4.46. The van der Waals surface area contributed by atoms with Gasteiger partial charge in [-0.3, -0.25) is 0 Å². The molecular formula is C7H13CeF2N2S-. The molecule has 1 saturated heterocycles. The van der Waals surface area contributed by atoms with Crippen molar-refractivity contribution in [2.45, 2.75) is 12.8 Å². The van der Waals surface area contributed by atoms with Crippen LogP contribution < -0.4 is 10.0 Å². The molecule has 2 unspecified atom stereocenters. The third kappa shape index (κ3) is 3.53. The molecule has 76 valence electrons. The Bertz CT molecular complexity index is 157. The normalized spacial score (nSPS) is 32.3. The van der Waals surface area contributed by atoms with Crippen molar-refractivity contribution >= 4 is 12.8 Å². The second kappa shape index (κ2) is 6.17. The zero-order valence-electron chi connectivity index (χ0n) is 7.44.